The summed E-state index contributed by atoms with van der Waals surface area (Å²) in [6.07, 6.45) is -0.841. The maximum absolute atomic E-state index is 11.4. The quantitative estimate of drug-likeness (QED) is 0.318. The summed E-state index contributed by atoms with van der Waals surface area (Å²) in [6, 6.07) is 0. The number of aliphatic carboxylic acids is 1. The van der Waals surface area contributed by atoms with Crippen LogP contribution in [0.15, 0.2) is 0 Å². The lowest BCUT2D eigenvalue weighted by Crippen LogP contribution is -2.34. The van der Waals surface area contributed by atoms with Crippen LogP contribution >= 0.6 is 0 Å². The Morgan fingerprint density at radius 3 is 1.96 bits per heavy atom. The number of amides is 1. The van der Waals surface area contributed by atoms with Crippen LogP contribution in [0.4, 0.5) is 4.79 Å². The van der Waals surface area contributed by atoms with Crippen molar-refractivity contribution < 1.29 is 43.5 Å². The molecule has 1 atom stereocenters. The molecule has 0 aliphatic carbocycles. The van der Waals surface area contributed by atoms with Gasteiger partial charge in [0.15, 0.2) is 0 Å². The standard InChI is InChI=1S/C17H33NO9/c1-17(2,3)27-16(22)18-5-4-14(19)12-25-10-8-23-6-7-24-9-11-26-13-15(20)21/h14,19H,4-13H2,1-3H3,(H,18,22)(H,20,21). The lowest BCUT2D eigenvalue weighted by molar-refractivity contribution is -0.142. The van der Waals surface area contributed by atoms with Crippen LogP contribution in [0.2, 0.25) is 0 Å². The Hall–Kier alpha value is -1.46. The fraction of sp³-hybridized carbons (Fsp3) is 0.882. The maximum Gasteiger partial charge on any atom is 0.407 e. The molecule has 0 aromatic rings. The van der Waals surface area contributed by atoms with Gasteiger partial charge in [-0.2, -0.15) is 0 Å². The Morgan fingerprint density at radius 2 is 1.44 bits per heavy atom. The van der Waals surface area contributed by atoms with Gasteiger partial charge >= 0.3 is 12.1 Å². The molecule has 27 heavy (non-hydrogen) atoms. The summed E-state index contributed by atoms with van der Waals surface area (Å²) in [4.78, 5) is 21.6. The molecule has 0 heterocycles. The minimum absolute atomic E-state index is 0.150. The summed E-state index contributed by atoms with van der Waals surface area (Å²) < 4.78 is 25.6. The number of aliphatic hydroxyl groups is 1. The first-order chi connectivity index (χ1) is 12.7. The molecule has 0 aromatic heterocycles. The number of aliphatic hydroxyl groups excluding tert-OH is 1. The highest BCUT2D eigenvalue weighted by Crippen LogP contribution is 2.06. The molecule has 0 saturated carbocycles. The van der Waals surface area contributed by atoms with E-state index < -0.39 is 23.8 Å². The molecule has 160 valence electrons. The fourth-order valence-electron chi connectivity index (χ4n) is 1.67. The van der Waals surface area contributed by atoms with Gasteiger partial charge in [0.1, 0.15) is 12.2 Å². The molecule has 0 aromatic carbocycles. The van der Waals surface area contributed by atoms with Crippen molar-refractivity contribution >= 4 is 12.1 Å². The third-order valence-electron chi connectivity index (χ3n) is 2.80. The number of rotatable bonds is 16. The molecule has 1 amide bonds. The van der Waals surface area contributed by atoms with E-state index in [0.29, 0.717) is 46.0 Å². The molecule has 3 N–H and O–H groups in total. The van der Waals surface area contributed by atoms with Crippen molar-refractivity contribution in [3.8, 4) is 0 Å². The molecular weight excluding hydrogens is 362 g/mol. The molecule has 0 saturated heterocycles. The van der Waals surface area contributed by atoms with Crippen molar-refractivity contribution in [2.75, 3.05) is 59.4 Å². The van der Waals surface area contributed by atoms with E-state index in [-0.39, 0.29) is 19.8 Å². The number of hydrogen-bond acceptors (Lipinski definition) is 8. The van der Waals surface area contributed by atoms with Crippen molar-refractivity contribution in [1.29, 1.82) is 0 Å². The molecule has 0 spiro atoms. The van der Waals surface area contributed by atoms with E-state index in [1.165, 1.54) is 0 Å². The number of ether oxygens (including phenoxy) is 5. The highest BCUT2D eigenvalue weighted by Gasteiger charge is 2.15. The topological polar surface area (TPSA) is 133 Å². The molecule has 0 bridgehead atoms. The van der Waals surface area contributed by atoms with Crippen LogP contribution in [0.25, 0.3) is 0 Å². The van der Waals surface area contributed by atoms with Gasteiger partial charge in [0.05, 0.1) is 52.4 Å². The smallest absolute Gasteiger partial charge is 0.407 e. The van der Waals surface area contributed by atoms with E-state index in [1.54, 1.807) is 20.8 Å². The second-order valence-corrected chi connectivity index (χ2v) is 6.62. The third kappa shape index (κ3) is 20.7. The second-order valence-electron chi connectivity index (χ2n) is 6.62. The predicted molar refractivity (Wildman–Crippen MR) is 95.8 cm³/mol. The van der Waals surface area contributed by atoms with E-state index >= 15 is 0 Å². The SMILES string of the molecule is CC(C)(C)OC(=O)NCCC(O)COCCOCCOCCOCC(=O)O. The Morgan fingerprint density at radius 1 is 0.926 bits per heavy atom. The van der Waals surface area contributed by atoms with Crippen molar-refractivity contribution in [2.45, 2.75) is 38.9 Å². The zero-order chi connectivity index (χ0) is 20.5. The number of nitrogens with one attached hydrogen (secondary N) is 1. The Kier molecular flexibility index (Phi) is 14.7. The van der Waals surface area contributed by atoms with Gasteiger partial charge in [0.25, 0.3) is 0 Å². The summed E-state index contributed by atoms with van der Waals surface area (Å²) in [5, 5.41) is 20.7. The van der Waals surface area contributed by atoms with Crippen molar-refractivity contribution in [2.24, 2.45) is 0 Å². The normalized spacial score (nSPS) is 12.6. The van der Waals surface area contributed by atoms with Gasteiger partial charge in [-0.05, 0) is 27.2 Å². The zero-order valence-corrected chi connectivity index (χ0v) is 16.4. The number of carbonyl (C=O) groups excluding carboxylic acids is 1. The summed E-state index contributed by atoms with van der Waals surface area (Å²) >= 11 is 0. The van der Waals surface area contributed by atoms with Gasteiger partial charge in [0.2, 0.25) is 0 Å². The highest BCUT2D eigenvalue weighted by molar-refractivity contribution is 5.68. The van der Waals surface area contributed by atoms with Gasteiger partial charge < -0.3 is 39.2 Å². The van der Waals surface area contributed by atoms with Gasteiger partial charge in [-0.3, -0.25) is 0 Å². The lowest BCUT2D eigenvalue weighted by atomic mass is 10.2. The van der Waals surface area contributed by atoms with Crippen LogP contribution in [0.1, 0.15) is 27.2 Å². The largest absolute Gasteiger partial charge is 0.480 e. The number of carboxylic acid groups (broad SMARTS) is 1. The summed E-state index contributed by atoms with van der Waals surface area (Å²) in [5.74, 6) is -1.01. The average Bonchev–Trinajstić information content (AvgIpc) is 2.53. The van der Waals surface area contributed by atoms with Crippen LogP contribution < -0.4 is 5.32 Å². The van der Waals surface area contributed by atoms with E-state index in [2.05, 4.69) is 5.32 Å². The minimum atomic E-state index is -1.01. The summed E-state index contributed by atoms with van der Waals surface area (Å²) in [6.45, 7) is 7.41. The first-order valence-electron chi connectivity index (χ1n) is 8.88. The van der Waals surface area contributed by atoms with E-state index in [4.69, 9.17) is 28.8 Å². The van der Waals surface area contributed by atoms with Crippen LogP contribution in [-0.2, 0) is 28.5 Å². The van der Waals surface area contributed by atoms with E-state index in [1.807, 2.05) is 0 Å². The molecule has 0 fully saturated rings. The Labute approximate surface area is 160 Å². The van der Waals surface area contributed by atoms with Gasteiger partial charge in [-0.15, -0.1) is 0 Å². The molecule has 0 aliphatic rings. The van der Waals surface area contributed by atoms with Crippen molar-refractivity contribution in [3.63, 3.8) is 0 Å². The molecule has 10 nitrogen and oxygen atoms in total. The maximum atomic E-state index is 11.4. The van der Waals surface area contributed by atoms with Crippen LogP contribution in [-0.4, -0.2) is 93.4 Å². The molecule has 10 heteroatoms. The van der Waals surface area contributed by atoms with E-state index in [0.717, 1.165) is 0 Å². The monoisotopic (exact) mass is 395 g/mol. The third-order valence-corrected chi connectivity index (χ3v) is 2.80. The van der Waals surface area contributed by atoms with Gasteiger partial charge in [0, 0.05) is 6.54 Å². The second kappa shape index (κ2) is 15.6. The molecular formula is C17H33NO9. The van der Waals surface area contributed by atoms with Crippen LogP contribution in [0.3, 0.4) is 0 Å². The van der Waals surface area contributed by atoms with Crippen LogP contribution in [0.5, 0.6) is 0 Å². The summed E-state index contributed by atoms with van der Waals surface area (Å²) in [5.41, 5.74) is -0.551. The van der Waals surface area contributed by atoms with E-state index in [9.17, 15) is 14.7 Å². The van der Waals surface area contributed by atoms with Crippen molar-refractivity contribution in [1.82, 2.24) is 5.32 Å². The molecule has 0 rings (SSSR count). The van der Waals surface area contributed by atoms with Gasteiger partial charge in [-0.25, -0.2) is 9.59 Å². The Bertz CT molecular complexity index is 398. The first kappa shape index (κ1) is 25.5. The first-order valence-corrected chi connectivity index (χ1v) is 8.88. The van der Waals surface area contributed by atoms with Gasteiger partial charge in [-0.1, -0.05) is 0 Å². The number of hydrogen-bond donors (Lipinski definition) is 3. The minimum Gasteiger partial charge on any atom is -0.480 e. The molecule has 1 unspecified atom stereocenters. The fourth-order valence-corrected chi connectivity index (χ4v) is 1.67. The van der Waals surface area contributed by atoms with Crippen molar-refractivity contribution in [3.05, 3.63) is 0 Å². The lowest BCUT2D eigenvalue weighted by Gasteiger charge is -2.20. The Balaban J connectivity index is 3.33. The molecule has 0 aliphatic heterocycles. The summed E-state index contributed by atoms with van der Waals surface area (Å²) in [7, 11) is 0. The van der Waals surface area contributed by atoms with Crippen LogP contribution in [0, 0.1) is 0 Å². The molecule has 0 radical (unpaired) electrons. The number of carbonyl (C=O) groups is 2. The number of alkyl carbamates (subject to hydrolysis) is 1. The number of carboxylic acids is 1. The predicted octanol–water partition coefficient (Wildman–Crippen LogP) is 0.413. The highest BCUT2D eigenvalue weighted by atomic mass is 16.6. The average molecular weight is 395 g/mol. The zero-order valence-electron chi connectivity index (χ0n) is 16.4.